The van der Waals surface area contributed by atoms with Crippen molar-refractivity contribution >= 4 is 28.6 Å². The lowest BCUT2D eigenvalue weighted by atomic mass is 10.0. The van der Waals surface area contributed by atoms with Crippen molar-refractivity contribution in [2.24, 2.45) is 0 Å². The fourth-order valence-electron chi connectivity index (χ4n) is 1.13. The lowest BCUT2D eigenvalue weighted by Gasteiger charge is -2.18. The maximum Gasteiger partial charge on any atom is 0.133 e. The quantitative estimate of drug-likeness (QED) is 0.748. The highest BCUT2D eigenvalue weighted by Gasteiger charge is 2.23. The summed E-state index contributed by atoms with van der Waals surface area (Å²) < 4.78 is 26.1. The first-order valence-electron chi connectivity index (χ1n) is 4.08. The summed E-state index contributed by atoms with van der Waals surface area (Å²) >= 11 is 6.69. The van der Waals surface area contributed by atoms with Crippen molar-refractivity contribution in [3.63, 3.8) is 0 Å². The number of thiol groups is 1. The highest BCUT2D eigenvalue weighted by Crippen LogP contribution is 2.29. The summed E-state index contributed by atoms with van der Waals surface area (Å²) in [6.45, 7) is 0. The van der Waals surface area contributed by atoms with E-state index in [4.69, 9.17) is 0 Å². The second-order valence-electron chi connectivity index (χ2n) is 2.98. The molecule has 0 aliphatic rings. The fraction of sp³-hybridized carbons (Fsp3) is 0.333. The molecule has 1 aromatic rings. The number of benzene rings is 1. The number of rotatable bonds is 3. The second-order valence-corrected chi connectivity index (χ2v) is 4.20. The van der Waals surface area contributed by atoms with Crippen LogP contribution in [0, 0.1) is 11.6 Å². The predicted molar refractivity (Wildman–Crippen MR) is 58.9 cm³/mol. The number of aliphatic hydroxyl groups excluding tert-OH is 2. The maximum atomic E-state index is 13.3. The molecule has 0 heterocycles. The molecule has 2 nitrogen and oxygen atoms in total. The largest absolute Gasteiger partial charge is 0.389 e. The van der Waals surface area contributed by atoms with Gasteiger partial charge >= 0.3 is 0 Å². The Morgan fingerprint density at radius 2 is 1.93 bits per heavy atom. The van der Waals surface area contributed by atoms with E-state index in [1.807, 2.05) is 0 Å². The molecule has 1 aromatic carbocycles. The Bertz CT molecular complexity index is 339. The van der Waals surface area contributed by atoms with Gasteiger partial charge in [0, 0.05) is 21.9 Å². The van der Waals surface area contributed by atoms with E-state index in [1.165, 1.54) is 0 Å². The third kappa shape index (κ3) is 2.90. The van der Waals surface area contributed by atoms with Gasteiger partial charge < -0.3 is 10.2 Å². The van der Waals surface area contributed by atoms with E-state index in [-0.39, 0.29) is 15.8 Å². The van der Waals surface area contributed by atoms with Crippen molar-refractivity contribution in [1.29, 1.82) is 0 Å². The van der Waals surface area contributed by atoms with E-state index < -0.39 is 23.8 Å². The standard InChI is InChI=1S/C9H9BrF2O2S/c10-5-1-4(11)2-6(12)8(5)9(14)7(13)3-15/h1-2,7,9,13-15H,3H2. The first-order valence-corrected chi connectivity index (χ1v) is 5.51. The molecular weight excluding hydrogens is 290 g/mol. The van der Waals surface area contributed by atoms with E-state index in [9.17, 15) is 19.0 Å². The zero-order valence-electron chi connectivity index (χ0n) is 7.49. The lowest BCUT2D eigenvalue weighted by molar-refractivity contribution is 0.0309. The Kier molecular flexibility index (Phi) is 4.51. The van der Waals surface area contributed by atoms with Crippen LogP contribution in [0.4, 0.5) is 8.78 Å². The van der Waals surface area contributed by atoms with Crippen LogP contribution in [0.3, 0.4) is 0 Å². The van der Waals surface area contributed by atoms with Crippen LogP contribution >= 0.6 is 28.6 Å². The summed E-state index contributed by atoms with van der Waals surface area (Å²) in [6, 6.07) is 1.67. The molecule has 0 aliphatic heterocycles. The highest BCUT2D eigenvalue weighted by atomic mass is 79.9. The number of aliphatic hydroxyl groups is 2. The highest BCUT2D eigenvalue weighted by molar-refractivity contribution is 9.10. The minimum absolute atomic E-state index is 0.0234. The number of hydrogen-bond acceptors (Lipinski definition) is 3. The first kappa shape index (κ1) is 12.9. The molecule has 0 spiro atoms. The van der Waals surface area contributed by atoms with Gasteiger partial charge in [-0.3, -0.25) is 0 Å². The molecule has 0 aliphatic carbocycles. The molecule has 0 radical (unpaired) electrons. The smallest absolute Gasteiger partial charge is 0.133 e. The number of hydrogen-bond donors (Lipinski definition) is 3. The van der Waals surface area contributed by atoms with Crippen LogP contribution in [0.25, 0.3) is 0 Å². The maximum absolute atomic E-state index is 13.3. The van der Waals surface area contributed by atoms with Gasteiger partial charge in [-0.25, -0.2) is 8.78 Å². The first-order chi connectivity index (χ1) is 6.97. The summed E-state index contributed by atoms with van der Waals surface area (Å²) in [5.41, 5.74) is -0.169. The van der Waals surface area contributed by atoms with Gasteiger partial charge in [0.05, 0.1) is 6.10 Å². The van der Waals surface area contributed by atoms with Crippen LogP contribution in [-0.2, 0) is 0 Å². The molecule has 0 bridgehead atoms. The number of halogens is 3. The SMILES string of the molecule is OC(CS)C(O)c1c(F)cc(F)cc1Br. The van der Waals surface area contributed by atoms with Crippen molar-refractivity contribution in [2.45, 2.75) is 12.2 Å². The molecule has 15 heavy (non-hydrogen) atoms. The van der Waals surface area contributed by atoms with E-state index >= 15 is 0 Å². The van der Waals surface area contributed by atoms with E-state index in [0.717, 1.165) is 6.07 Å². The van der Waals surface area contributed by atoms with Crippen LogP contribution < -0.4 is 0 Å². The third-order valence-corrected chi connectivity index (χ3v) is 2.92. The second kappa shape index (κ2) is 5.25. The predicted octanol–water partition coefficient (Wildman–Crippen LogP) is 2.05. The normalized spacial score (nSPS) is 15.1. The van der Waals surface area contributed by atoms with Crippen molar-refractivity contribution in [3.05, 3.63) is 33.8 Å². The fourth-order valence-corrected chi connectivity index (χ4v) is 1.97. The van der Waals surface area contributed by atoms with Crippen molar-refractivity contribution in [2.75, 3.05) is 5.75 Å². The summed E-state index contributed by atoms with van der Waals surface area (Å²) in [5.74, 6) is -1.68. The van der Waals surface area contributed by atoms with Gasteiger partial charge in [-0.1, -0.05) is 15.9 Å². The zero-order valence-corrected chi connectivity index (χ0v) is 9.97. The van der Waals surface area contributed by atoms with Crippen molar-refractivity contribution in [3.8, 4) is 0 Å². The monoisotopic (exact) mass is 298 g/mol. The zero-order chi connectivity index (χ0) is 11.6. The molecule has 2 atom stereocenters. The topological polar surface area (TPSA) is 40.5 Å². The molecule has 6 heteroatoms. The average molecular weight is 299 g/mol. The summed E-state index contributed by atoms with van der Waals surface area (Å²) in [7, 11) is 0. The molecular formula is C9H9BrF2O2S. The lowest BCUT2D eigenvalue weighted by Crippen LogP contribution is -2.21. The Morgan fingerprint density at radius 3 is 2.40 bits per heavy atom. The molecule has 0 amide bonds. The molecule has 0 saturated carbocycles. The van der Waals surface area contributed by atoms with Gasteiger partial charge in [-0.05, 0) is 6.07 Å². The van der Waals surface area contributed by atoms with E-state index in [2.05, 4.69) is 28.6 Å². The molecule has 0 aromatic heterocycles. The van der Waals surface area contributed by atoms with Crippen LogP contribution in [0.1, 0.15) is 11.7 Å². The molecule has 2 N–H and O–H groups in total. The van der Waals surface area contributed by atoms with E-state index in [0.29, 0.717) is 6.07 Å². The Labute approximate surface area is 99.5 Å². The van der Waals surface area contributed by atoms with Crippen molar-refractivity contribution in [1.82, 2.24) is 0 Å². The van der Waals surface area contributed by atoms with Crippen LogP contribution in [0.2, 0.25) is 0 Å². The van der Waals surface area contributed by atoms with Gasteiger partial charge in [0.15, 0.2) is 0 Å². The third-order valence-electron chi connectivity index (χ3n) is 1.89. The molecule has 2 unspecified atom stereocenters. The van der Waals surface area contributed by atoms with Crippen LogP contribution in [0.5, 0.6) is 0 Å². The minimum atomic E-state index is -1.43. The van der Waals surface area contributed by atoms with Crippen LogP contribution in [-0.4, -0.2) is 22.1 Å². The Balaban J connectivity index is 3.13. The van der Waals surface area contributed by atoms with Gasteiger partial charge in [0.2, 0.25) is 0 Å². The molecule has 0 fully saturated rings. The minimum Gasteiger partial charge on any atom is -0.389 e. The Hall–Kier alpha value is -0.170. The summed E-state index contributed by atoms with van der Waals surface area (Å²) in [5, 5.41) is 18.8. The van der Waals surface area contributed by atoms with Crippen LogP contribution in [0.15, 0.2) is 16.6 Å². The molecule has 0 saturated heterocycles. The molecule has 84 valence electrons. The van der Waals surface area contributed by atoms with Gasteiger partial charge in [0.1, 0.15) is 17.7 Å². The van der Waals surface area contributed by atoms with Gasteiger partial charge in [0.25, 0.3) is 0 Å². The summed E-state index contributed by atoms with van der Waals surface area (Å²) in [6.07, 6.45) is -2.64. The van der Waals surface area contributed by atoms with Crippen molar-refractivity contribution < 1.29 is 19.0 Å². The average Bonchev–Trinajstić information content (AvgIpc) is 2.14. The Morgan fingerprint density at radius 1 is 1.33 bits per heavy atom. The van der Waals surface area contributed by atoms with E-state index in [1.54, 1.807) is 0 Å². The summed E-state index contributed by atoms with van der Waals surface area (Å²) in [4.78, 5) is 0. The van der Waals surface area contributed by atoms with Gasteiger partial charge in [-0.15, -0.1) is 0 Å². The molecule has 1 rings (SSSR count). The van der Waals surface area contributed by atoms with Gasteiger partial charge in [-0.2, -0.15) is 12.6 Å².